The van der Waals surface area contributed by atoms with Gasteiger partial charge in [-0.05, 0) is 18.9 Å². The molecular weight excluding hydrogens is 236 g/mol. The number of nitrogens with zero attached hydrogens (tertiary/aromatic N) is 3. The molecule has 7 heteroatoms. The van der Waals surface area contributed by atoms with E-state index in [9.17, 15) is 4.79 Å². The summed E-state index contributed by atoms with van der Waals surface area (Å²) in [6, 6.07) is 1.68. The van der Waals surface area contributed by atoms with Gasteiger partial charge in [0.1, 0.15) is 18.0 Å². The van der Waals surface area contributed by atoms with Crippen molar-refractivity contribution in [1.29, 1.82) is 0 Å². The molecule has 2 rings (SSSR count). The molecular formula is C11H14N4O3. The number of hydrogen-bond donors (Lipinski definition) is 1. The van der Waals surface area contributed by atoms with Crippen LogP contribution in [-0.4, -0.2) is 26.5 Å². The average molecular weight is 250 g/mol. The summed E-state index contributed by atoms with van der Waals surface area (Å²) in [5.41, 5.74) is 2.25. The zero-order chi connectivity index (χ0) is 13.1. The molecule has 0 radical (unpaired) electrons. The van der Waals surface area contributed by atoms with Crippen molar-refractivity contribution < 1.29 is 14.2 Å². The fraction of sp³-hybridized carbons (Fsp3) is 0.455. The van der Waals surface area contributed by atoms with E-state index in [1.165, 1.54) is 0 Å². The summed E-state index contributed by atoms with van der Waals surface area (Å²) in [7, 11) is 0. The molecule has 0 aliphatic carbocycles. The Balaban J connectivity index is 1.97. The number of nitrogens with one attached hydrogen (secondary N) is 1. The monoisotopic (exact) mass is 250 g/mol. The van der Waals surface area contributed by atoms with Crippen LogP contribution in [0.1, 0.15) is 47.3 Å². The van der Waals surface area contributed by atoms with Crippen LogP contribution in [-0.2, 0) is 11.3 Å². The number of hydrogen-bond acceptors (Lipinski definition) is 6. The van der Waals surface area contributed by atoms with Crippen LogP contribution in [0.4, 0.5) is 0 Å². The van der Waals surface area contributed by atoms with Gasteiger partial charge in [0.25, 0.3) is 0 Å². The minimum Gasteiger partial charge on any atom is -0.454 e. The van der Waals surface area contributed by atoms with E-state index in [1.807, 2.05) is 13.8 Å². The van der Waals surface area contributed by atoms with E-state index in [0.717, 1.165) is 5.69 Å². The van der Waals surface area contributed by atoms with Gasteiger partial charge in [-0.3, -0.25) is 5.10 Å². The zero-order valence-corrected chi connectivity index (χ0v) is 10.4. The molecule has 0 aromatic carbocycles. The molecule has 0 fully saturated rings. The number of carbonyl (C=O) groups is 1. The highest BCUT2D eigenvalue weighted by atomic mass is 16.6. The number of aromatic amines is 1. The lowest BCUT2D eigenvalue weighted by Gasteiger charge is -1.99. The van der Waals surface area contributed by atoms with E-state index in [-0.39, 0.29) is 18.2 Å². The topological polar surface area (TPSA) is 93.9 Å². The number of aryl methyl sites for hydroxylation is 1. The van der Waals surface area contributed by atoms with E-state index >= 15 is 0 Å². The Morgan fingerprint density at radius 1 is 1.50 bits per heavy atom. The summed E-state index contributed by atoms with van der Waals surface area (Å²) >= 11 is 0. The van der Waals surface area contributed by atoms with Gasteiger partial charge < -0.3 is 4.74 Å². The molecule has 0 amide bonds. The number of carbonyl (C=O) groups excluding carboxylic acids is 1. The Labute approximate surface area is 103 Å². The van der Waals surface area contributed by atoms with Gasteiger partial charge in [-0.1, -0.05) is 24.2 Å². The fourth-order valence-electron chi connectivity index (χ4n) is 1.33. The molecule has 96 valence electrons. The number of aromatic nitrogens is 4. The van der Waals surface area contributed by atoms with Crippen LogP contribution in [0.25, 0.3) is 0 Å². The second-order valence-corrected chi connectivity index (χ2v) is 4.24. The van der Waals surface area contributed by atoms with Crippen LogP contribution in [0.3, 0.4) is 0 Å². The molecule has 0 spiro atoms. The minimum atomic E-state index is -0.499. The first kappa shape index (κ1) is 12.3. The quantitative estimate of drug-likeness (QED) is 0.828. The summed E-state index contributed by atoms with van der Waals surface area (Å²) in [5.74, 6) is -0.221. The Bertz CT molecular complexity index is 544. The molecule has 0 aliphatic rings. The number of H-pyrrole nitrogens is 1. The number of ether oxygens (including phenoxy) is 1. The van der Waals surface area contributed by atoms with Crippen molar-refractivity contribution in [1.82, 2.24) is 20.5 Å². The molecule has 2 aromatic rings. The van der Waals surface area contributed by atoms with Crippen molar-refractivity contribution in [3.8, 4) is 0 Å². The van der Waals surface area contributed by atoms with Crippen molar-refractivity contribution in [3.63, 3.8) is 0 Å². The van der Waals surface area contributed by atoms with Crippen LogP contribution in [0, 0.1) is 6.92 Å². The van der Waals surface area contributed by atoms with Crippen LogP contribution < -0.4 is 0 Å². The molecule has 0 saturated carbocycles. The highest BCUT2D eigenvalue weighted by Crippen LogP contribution is 2.13. The molecule has 0 saturated heterocycles. The Hall–Kier alpha value is -2.18. The van der Waals surface area contributed by atoms with Gasteiger partial charge in [0.05, 0.1) is 0 Å². The van der Waals surface area contributed by atoms with Gasteiger partial charge in [0.15, 0.2) is 5.69 Å². The molecule has 18 heavy (non-hydrogen) atoms. The Kier molecular flexibility index (Phi) is 3.40. The summed E-state index contributed by atoms with van der Waals surface area (Å²) in [4.78, 5) is 11.7. The first-order valence-corrected chi connectivity index (χ1v) is 5.58. The van der Waals surface area contributed by atoms with Crippen LogP contribution in [0.15, 0.2) is 10.7 Å². The molecule has 2 aromatic heterocycles. The number of esters is 1. The third kappa shape index (κ3) is 2.55. The smallest absolute Gasteiger partial charge is 0.359 e. The minimum absolute atomic E-state index is 0.0258. The molecule has 0 aliphatic heterocycles. The van der Waals surface area contributed by atoms with E-state index in [1.54, 1.807) is 13.0 Å². The van der Waals surface area contributed by atoms with E-state index in [0.29, 0.717) is 11.4 Å². The maximum Gasteiger partial charge on any atom is 0.359 e. The predicted molar refractivity (Wildman–Crippen MR) is 60.8 cm³/mol. The van der Waals surface area contributed by atoms with Crippen LogP contribution in [0.2, 0.25) is 0 Å². The largest absolute Gasteiger partial charge is 0.454 e. The predicted octanol–water partition coefficient (Wildman–Crippen LogP) is 1.58. The highest BCUT2D eigenvalue weighted by molar-refractivity contribution is 5.87. The Morgan fingerprint density at radius 3 is 2.83 bits per heavy atom. The lowest BCUT2D eigenvalue weighted by molar-refractivity contribution is 0.0456. The fourth-order valence-corrected chi connectivity index (χ4v) is 1.33. The maximum absolute atomic E-state index is 11.7. The van der Waals surface area contributed by atoms with E-state index in [4.69, 9.17) is 4.74 Å². The number of rotatable bonds is 4. The lowest BCUT2D eigenvalue weighted by atomic mass is 10.1. The van der Waals surface area contributed by atoms with Gasteiger partial charge in [-0.2, -0.15) is 5.10 Å². The molecule has 0 atom stereocenters. The highest BCUT2D eigenvalue weighted by Gasteiger charge is 2.15. The third-order valence-corrected chi connectivity index (χ3v) is 2.52. The van der Waals surface area contributed by atoms with Crippen molar-refractivity contribution in [3.05, 3.63) is 28.8 Å². The first-order chi connectivity index (χ1) is 8.58. The van der Waals surface area contributed by atoms with Crippen molar-refractivity contribution in [2.24, 2.45) is 0 Å². The third-order valence-electron chi connectivity index (χ3n) is 2.52. The average Bonchev–Trinajstić information content (AvgIpc) is 2.94. The zero-order valence-electron chi connectivity index (χ0n) is 10.4. The Morgan fingerprint density at radius 2 is 2.28 bits per heavy atom. The van der Waals surface area contributed by atoms with Crippen LogP contribution >= 0.6 is 0 Å². The van der Waals surface area contributed by atoms with Crippen molar-refractivity contribution in [2.75, 3.05) is 0 Å². The molecule has 0 bridgehead atoms. The normalized spacial score (nSPS) is 10.9. The van der Waals surface area contributed by atoms with Crippen LogP contribution in [0.5, 0.6) is 0 Å². The summed E-state index contributed by atoms with van der Waals surface area (Å²) < 4.78 is 9.57. The first-order valence-electron chi connectivity index (χ1n) is 5.58. The van der Waals surface area contributed by atoms with E-state index in [2.05, 4.69) is 25.1 Å². The van der Waals surface area contributed by atoms with Gasteiger partial charge in [-0.15, -0.1) is 0 Å². The standard InChI is InChI=1S/C11H14N4O3/c1-6(2)8-4-9(13-12-8)11(16)17-5-10-7(3)14-18-15-10/h4,6H,5H2,1-3H3,(H,12,13). The van der Waals surface area contributed by atoms with Crippen molar-refractivity contribution in [2.45, 2.75) is 33.3 Å². The SMILES string of the molecule is Cc1nonc1COC(=O)c1cc(C(C)C)[nH]n1. The maximum atomic E-state index is 11.7. The van der Waals surface area contributed by atoms with Gasteiger partial charge in [0, 0.05) is 5.69 Å². The summed E-state index contributed by atoms with van der Waals surface area (Å²) in [5, 5.41) is 13.9. The molecule has 1 N–H and O–H groups in total. The van der Waals surface area contributed by atoms with Gasteiger partial charge >= 0.3 is 5.97 Å². The van der Waals surface area contributed by atoms with Crippen molar-refractivity contribution >= 4 is 5.97 Å². The van der Waals surface area contributed by atoms with Gasteiger partial charge in [0.2, 0.25) is 0 Å². The lowest BCUT2D eigenvalue weighted by Crippen LogP contribution is -2.06. The summed E-state index contributed by atoms with van der Waals surface area (Å²) in [6.45, 7) is 5.77. The second kappa shape index (κ2) is 4.99. The molecule has 7 nitrogen and oxygen atoms in total. The second-order valence-electron chi connectivity index (χ2n) is 4.24. The molecule has 2 heterocycles. The summed E-state index contributed by atoms with van der Waals surface area (Å²) in [6.07, 6.45) is 0. The van der Waals surface area contributed by atoms with Gasteiger partial charge in [-0.25, -0.2) is 9.42 Å². The molecule has 0 unspecified atom stereocenters. The van der Waals surface area contributed by atoms with E-state index < -0.39 is 5.97 Å².